The van der Waals surface area contributed by atoms with Crippen molar-refractivity contribution in [1.82, 2.24) is 4.98 Å². The molecular formula is C13H13ClN2O3S. The van der Waals surface area contributed by atoms with E-state index in [-0.39, 0.29) is 0 Å². The second-order valence-electron chi connectivity index (χ2n) is 4.09. The van der Waals surface area contributed by atoms with Gasteiger partial charge in [0.2, 0.25) is 5.89 Å². The largest absolute Gasteiger partial charge is 0.480 e. The van der Waals surface area contributed by atoms with E-state index in [9.17, 15) is 4.79 Å². The zero-order valence-corrected chi connectivity index (χ0v) is 12.0. The first-order valence-electron chi connectivity index (χ1n) is 5.83. The van der Waals surface area contributed by atoms with Crippen LogP contribution in [0, 0.1) is 0 Å². The number of halogens is 1. The Morgan fingerprint density at radius 2 is 2.35 bits per heavy atom. The van der Waals surface area contributed by atoms with Gasteiger partial charge < -0.3 is 15.3 Å². The average molecular weight is 313 g/mol. The summed E-state index contributed by atoms with van der Waals surface area (Å²) in [7, 11) is 0. The monoisotopic (exact) mass is 312 g/mol. The van der Waals surface area contributed by atoms with Crippen molar-refractivity contribution < 1.29 is 14.3 Å². The summed E-state index contributed by atoms with van der Waals surface area (Å²) in [5.41, 5.74) is 6.26. The molecule has 20 heavy (non-hydrogen) atoms. The van der Waals surface area contributed by atoms with E-state index in [1.165, 1.54) is 11.8 Å². The van der Waals surface area contributed by atoms with Crippen LogP contribution in [0.4, 0.5) is 0 Å². The molecule has 0 aliphatic heterocycles. The molecule has 106 valence electrons. The van der Waals surface area contributed by atoms with Gasteiger partial charge in [-0.05, 0) is 12.1 Å². The normalized spacial score (nSPS) is 12.3. The van der Waals surface area contributed by atoms with Crippen LogP contribution in [0.5, 0.6) is 0 Å². The zero-order valence-electron chi connectivity index (χ0n) is 10.5. The number of oxazole rings is 1. The number of hydrogen-bond acceptors (Lipinski definition) is 5. The maximum absolute atomic E-state index is 10.6. The molecule has 0 saturated carbocycles. The lowest BCUT2D eigenvalue weighted by atomic mass is 10.2. The molecule has 0 unspecified atom stereocenters. The third-order valence-corrected chi connectivity index (χ3v) is 3.78. The molecule has 0 aliphatic rings. The number of thioether (sulfide) groups is 1. The first-order valence-corrected chi connectivity index (χ1v) is 7.36. The highest BCUT2D eigenvalue weighted by Gasteiger charge is 2.12. The molecule has 2 rings (SSSR count). The number of benzene rings is 1. The van der Waals surface area contributed by atoms with Gasteiger partial charge in [-0.25, -0.2) is 4.98 Å². The van der Waals surface area contributed by atoms with E-state index < -0.39 is 12.0 Å². The average Bonchev–Trinajstić information content (AvgIpc) is 2.87. The molecule has 5 nitrogen and oxygen atoms in total. The van der Waals surface area contributed by atoms with Gasteiger partial charge in [0.15, 0.2) is 5.76 Å². The Balaban J connectivity index is 1.94. The molecule has 0 amide bonds. The number of rotatable bonds is 6. The highest BCUT2D eigenvalue weighted by molar-refractivity contribution is 7.98. The minimum atomic E-state index is -1.01. The summed E-state index contributed by atoms with van der Waals surface area (Å²) >= 11 is 7.28. The van der Waals surface area contributed by atoms with Gasteiger partial charge in [-0.3, -0.25) is 4.79 Å². The molecular weight excluding hydrogens is 300 g/mol. The Kier molecular flexibility index (Phi) is 5.05. The number of aromatic nitrogens is 1. The van der Waals surface area contributed by atoms with E-state index in [0.29, 0.717) is 28.2 Å². The second-order valence-corrected chi connectivity index (χ2v) is 5.56. The second kappa shape index (κ2) is 6.78. The van der Waals surface area contributed by atoms with Crippen LogP contribution in [0.15, 0.2) is 34.9 Å². The molecule has 0 saturated heterocycles. The minimum absolute atomic E-state index is 0.310. The summed E-state index contributed by atoms with van der Waals surface area (Å²) < 4.78 is 5.59. The number of carbonyl (C=O) groups is 1. The first-order chi connectivity index (χ1) is 9.56. The number of aliphatic carboxylic acids is 1. The summed E-state index contributed by atoms with van der Waals surface area (Å²) in [5.74, 6) is 0.934. The van der Waals surface area contributed by atoms with Crippen LogP contribution in [-0.4, -0.2) is 27.9 Å². The highest BCUT2D eigenvalue weighted by Crippen LogP contribution is 2.24. The smallest absolute Gasteiger partial charge is 0.321 e. The third-order valence-electron chi connectivity index (χ3n) is 2.50. The molecule has 0 spiro atoms. The summed E-state index contributed by atoms with van der Waals surface area (Å²) in [6.45, 7) is 0. The number of carboxylic acid groups (broad SMARTS) is 1. The summed E-state index contributed by atoms with van der Waals surface area (Å²) in [6, 6.07) is 6.41. The molecule has 0 radical (unpaired) electrons. The molecule has 0 bridgehead atoms. The predicted octanol–water partition coefficient (Wildman–Crippen LogP) is 2.64. The molecule has 1 heterocycles. The van der Waals surface area contributed by atoms with E-state index in [4.69, 9.17) is 26.9 Å². The van der Waals surface area contributed by atoms with Crippen molar-refractivity contribution in [2.45, 2.75) is 11.8 Å². The van der Waals surface area contributed by atoms with Crippen LogP contribution in [0.1, 0.15) is 5.89 Å². The summed E-state index contributed by atoms with van der Waals surface area (Å²) in [5, 5.41) is 9.30. The maximum Gasteiger partial charge on any atom is 0.321 e. The van der Waals surface area contributed by atoms with Crippen molar-refractivity contribution in [3.05, 3.63) is 41.4 Å². The molecule has 1 aromatic carbocycles. The van der Waals surface area contributed by atoms with Crippen LogP contribution < -0.4 is 5.73 Å². The van der Waals surface area contributed by atoms with Crippen LogP contribution >= 0.6 is 23.4 Å². The Bertz CT molecular complexity index is 603. The van der Waals surface area contributed by atoms with Crippen LogP contribution in [0.2, 0.25) is 5.02 Å². The maximum atomic E-state index is 10.6. The molecule has 0 fully saturated rings. The van der Waals surface area contributed by atoms with Gasteiger partial charge in [0.05, 0.1) is 11.9 Å². The Morgan fingerprint density at radius 3 is 3.05 bits per heavy atom. The topological polar surface area (TPSA) is 89.4 Å². The van der Waals surface area contributed by atoms with Gasteiger partial charge in [-0.15, -0.1) is 11.8 Å². The molecule has 1 atom stereocenters. The van der Waals surface area contributed by atoms with Gasteiger partial charge >= 0.3 is 5.97 Å². The van der Waals surface area contributed by atoms with Gasteiger partial charge in [0.25, 0.3) is 0 Å². The van der Waals surface area contributed by atoms with E-state index in [2.05, 4.69) is 4.98 Å². The van der Waals surface area contributed by atoms with Crippen molar-refractivity contribution in [3.63, 3.8) is 0 Å². The quantitative estimate of drug-likeness (QED) is 0.852. The number of nitrogens with zero attached hydrogens (tertiary/aromatic N) is 1. The molecule has 3 N–H and O–H groups in total. The van der Waals surface area contributed by atoms with Crippen molar-refractivity contribution >= 4 is 29.3 Å². The SMILES string of the molecule is N[C@H](CSCc1ncc(-c2cccc(Cl)c2)o1)C(=O)O. The molecule has 1 aromatic heterocycles. The summed E-state index contributed by atoms with van der Waals surface area (Å²) in [6.07, 6.45) is 1.62. The number of carboxylic acids is 1. The number of nitrogens with two attached hydrogens (primary N) is 1. The number of hydrogen-bond donors (Lipinski definition) is 2. The molecule has 7 heteroatoms. The first kappa shape index (κ1) is 14.9. The van der Waals surface area contributed by atoms with E-state index in [1.54, 1.807) is 18.3 Å². The van der Waals surface area contributed by atoms with Crippen LogP contribution in [0.25, 0.3) is 11.3 Å². The van der Waals surface area contributed by atoms with Crippen molar-refractivity contribution in [1.29, 1.82) is 0 Å². The Morgan fingerprint density at radius 1 is 1.55 bits per heavy atom. The minimum Gasteiger partial charge on any atom is -0.480 e. The molecule has 0 aliphatic carbocycles. The summed E-state index contributed by atoms with van der Waals surface area (Å²) in [4.78, 5) is 14.7. The van der Waals surface area contributed by atoms with Crippen molar-refractivity contribution in [2.75, 3.05) is 5.75 Å². The third kappa shape index (κ3) is 4.00. The lowest BCUT2D eigenvalue weighted by Gasteiger charge is -2.03. The van der Waals surface area contributed by atoms with E-state index in [1.807, 2.05) is 12.1 Å². The van der Waals surface area contributed by atoms with Crippen LogP contribution in [-0.2, 0) is 10.5 Å². The fraction of sp³-hybridized carbons (Fsp3) is 0.231. The van der Waals surface area contributed by atoms with Gasteiger partial charge in [-0.1, -0.05) is 23.7 Å². The van der Waals surface area contributed by atoms with Crippen molar-refractivity contribution in [3.8, 4) is 11.3 Å². The lowest BCUT2D eigenvalue weighted by Crippen LogP contribution is -2.32. The van der Waals surface area contributed by atoms with Gasteiger partial charge in [-0.2, -0.15) is 0 Å². The molecule has 2 aromatic rings. The lowest BCUT2D eigenvalue weighted by molar-refractivity contribution is -0.137. The highest BCUT2D eigenvalue weighted by atomic mass is 35.5. The fourth-order valence-electron chi connectivity index (χ4n) is 1.50. The zero-order chi connectivity index (χ0) is 14.5. The Hall–Kier alpha value is -1.50. The van der Waals surface area contributed by atoms with Gasteiger partial charge in [0, 0.05) is 16.3 Å². The Labute approximate surface area is 125 Å². The van der Waals surface area contributed by atoms with E-state index in [0.717, 1.165) is 5.56 Å². The standard InChI is InChI=1S/C13H13ClN2O3S/c14-9-3-1-2-8(4-9)11-5-16-12(19-11)7-20-6-10(15)13(17)18/h1-5,10H,6-7,15H2,(H,17,18)/t10-/m1/s1. The van der Waals surface area contributed by atoms with Gasteiger partial charge in [0.1, 0.15) is 6.04 Å². The van der Waals surface area contributed by atoms with E-state index >= 15 is 0 Å². The van der Waals surface area contributed by atoms with Crippen molar-refractivity contribution in [2.24, 2.45) is 5.73 Å². The fourth-order valence-corrected chi connectivity index (χ4v) is 2.51. The predicted molar refractivity (Wildman–Crippen MR) is 78.7 cm³/mol. The van der Waals surface area contributed by atoms with Crippen LogP contribution in [0.3, 0.4) is 0 Å².